The van der Waals surface area contributed by atoms with Crippen LogP contribution in [0.3, 0.4) is 0 Å². The summed E-state index contributed by atoms with van der Waals surface area (Å²) in [5.74, 6) is 0.888. The molecule has 2 heteroatoms. The molecule has 0 saturated heterocycles. The number of ketones is 1. The van der Waals surface area contributed by atoms with Crippen LogP contribution in [0, 0.1) is 0 Å². The molecule has 3 rings (SSSR count). The lowest BCUT2D eigenvalue weighted by Gasteiger charge is -2.08. The predicted octanol–water partition coefficient (Wildman–Crippen LogP) is 3.41. The minimum Gasteiger partial charge on any atom is -0.494 e. The van der Waals surface area contributed by atoms with Gasteiger partial charge in [0, 0.05) is 11.1 Å². The van der Waals surface area contributed by atoms with Crippen molar-refractivity contribution in [2.24, 2.45) is 0 Å². The predicted molar refractivity (Wildman–Crippen MR) is 74.9 cm³/mol. The Kier molecular flexibility index (Phi) is 3.08. The molecule has 0 heterocycles. The number of carbonyl (C=O) groups is 1. The van der Waals surface area contributed by atoms with Gasteiger partial charge in [-0.1, -0.05) is 30.3 Å². The van der Waals surface area contributed by atoms with Crippen molar-refractivity contribution in [3.63, 3.8) is 0 Å². The summed E-state index contributed by atoms with van der Waals surface area (Å²) in [6.07, 6.45) is 1.83. The summed E-state index contributed by atoms with van der Waals surface area (Å²) in [6.45, 7) is 2.56. The van der Waals surface area contributed by atoms with E-state index in [1.807, 2.05) is 49.4 Å². The topological polar surface area (TPSA) is 26.3 Å². The van der Waals surface area contributed by atoms with Gasteiger partial charge in [0.2, 0.25) is 0 Å². The Morgan fingerprint density at radius 1 is 1.00 bits per heavy atom. The van der Waals surface area contributed by atoms with Crippen molar-refractivity contribution in [1.29, 1.82) is 0 Å². The zero-order valence-electron chi connectivity index (χ0n) is 11.0. The molecule has 0 unspecified atom stereocenters. The number of ether oxygens (including phenoxy) is 1. The van der Waals surface area contributed by atoms with Crippen LogP contribution in [0.5, 0.6) is 5.75 Å². The minimum atomic E-state index is 0.115. The molecule has 1 aliphatic rings. The summed E-state index contributed by atoms with van der Waals surface area (Å²) in [4.78, 5) is 12.6. The van der Waals surface area contributed by atoms with Crippen molar-refractivity contribution in [3.8, 4) is 5.75 Å². The Morgan fingerprint density at radius 2 is 1.74 bits per heavy atom. The first-order valence-corrected chi connectivity index (χ1v) is 6.68. The summed E-state index contributed by atoms with van der Waals surface area (Å²) < 4.78 is 5.50. The Bertz CT molecular complexity index is 629. The number of hydrogen-bond acceptors (Lipinski definition) is 2. The fraction of sp³-hybridized carbons (Fsp3) is 0.235. The van der Waals surface area contributed by atoms with E-state index in [4.69, 9.17) is 4.74 Å². The van der Waals surface area contributed by atoms with Gasteiger partial charge in [-0.2, -0.15) is 0 Å². The van der Waals surface area contributed by atoms with Crippen LogP contribution in [0.15, 0.2) is 42.5 Å². The molecule has 0 amide bonds. The van der Waals surface area contributed by atoms with E-state index >= 15 is 0 Å². The van der Waals surface area contributed by atoms with Crippen LogP contribution in [-0.2, 0) is 12.8 Å². The molecular weight excluding hydrogens is 236 g/mol. The van der Waals surface area contributed by atoms with Gasteiger partial charge < -0.3 is 4.74 Å². The molecule has 0 saturated carbocycles. The van der Waals surface area contributed by atoms with Crippen molar-refractivity contribution >= 4 is 5.78 Å². The van der Waals surface area contributed by atoms with Crippen LogP contribution < -0.4 is 4.74 Å². The molecule has 0 fully saturated rings. The summed E-state index contributed by atoms with van der Waals surface area (Å²) in [7, 11) is 0. The second-order valence-corrected chi connectivity index (χ2v) is 4.74. The van der Waals surface area contributed by atoms with Gasteiger partial charge in [-0.15, -0.1) is 0 Å². The highest BCUT2D eigenvalue weighted by molar-refractivity contribution is 6.11. The summed E-state index contributed by atoms with van der Waals surface area (Å²) in [5.41, 5.74) is 3.87. The van der Waals surface area contributed by atoms with Crippen molar-refractivity contribution < 1.29 is 9.53 Å². The first-order valence-electron chi connectivity index (χ1n) is 6.68. The number of rotatable bonds is 2. The van der Waals surface area contributed by atoms with Gasteiger partial charge in [0.25, 0.3) is 0 Å². The van der Waals surface area contributed by atoms with E-state index in [-0.39, 0.29) is 5.78 Å². The molecule has 0 bridgehead atoms. The Labute approximate surface area is 113 Å². The largest absolute Gasteiger partial charge is 0.494 e. The summed E-state index contributed by atoms with van der Waals surface area (Å²) >= 11 is 0. The molecule has 0 aromatic heterocycles. The average Bonchev–Trinajstić information content (AvgIpc) is 2.58. The maximum absolute atomic E-state index is 12.6. The minimum absolute atomic E-state index is 0.115. The zero-order chi connectivity index (χ0) is 13.2. The Balaban J connectivity index is 2.10. The van der Waals surface area contributed by atoms with Crippen LogP contribution in [-0.4, -0.2) is 12.4 Å². The van der Waals surface area contributed by atoms with Crippen LogP contribution in [0.4, 0.5) is 0 Å². The molecule has 0 spiro atoms. The molecule has 2 nitrogen and oxygen atoms in total. The lowest BCUT2D eigenvalue weighted by atomic mass is 9.99. The van der Waals surface area contributed by atoms with Gasteiger partial charge in [-0.3, -0.25) is 4.79 Å². The number of aryl methyl sites for hydroxylation is 2. The fourth-order valence-electron chi connectivity index (χ4n) is 2.62. The number of benzene rings is 2. The number of carbonyl (C=O) groups excluding carboxylic acids is 1. The van der Waals surface area contributed by atoms with Crippen molar-refractivity contribution in [1.82, 2.24) is 0 Å². The van der Waals surface area contributed by atoms with E-state index in [9.17, 15) is 4.79 Å². The fourth-order valence-corrected chi connectivity index (χ4v) is 2.62. The van der Waals surface area contributed by atoms with E-state index < -0.39 is 0 Å². The van der Waals surface area contributed by atoms with Crippen LogP contribution in [0.2, 0.25) is 0 Å². The molecule has 0 radical (unpaired) electrons. The Hall–Kier alpha value is -2.09. The van der Waals surface area contributed by atoms with Crippen LogP contribution >= 0.6 is 0 Å². The summed E-state index contributed by atoms with van der Waals surface area (Å²) in [6, 6.07) is 13.7. The molecule has 2 aromatic carbocycles. The van der Waals surface area contributed by atoms with E-state index in [1.54, 1.807) is 0 Å². The molecular formula is C17H16O2. The highest BCUT2D eigenvalue weighted by Gasteiger charge is 2.21. The van der Waals surface area contributed by atoms with Crippen LogP contribution in [0.25, 0.3) is 0 Å². The molecule has 19 heavy (non-hydrogen) atoms. The van der Waals surface area contributed by atoms with E-state index in [0.29, 0.717) is 6.61 Å². The van der Waals surface area contributed by atoms with Crippen LogP contribution in [0.1, 0.15) is 34.0 Å². The standard InChI is InChI=1S/C17H16O2/c1-2-19-14-10-9-13-8-7-12-5-3-4-6-15(12)17(18)16(13)11-14/h3-6,9-11H,2,7-8H2,1H3. The summed E-state index contributed by atoms with van der Waals surface area (Å²) in [5, 5.41) is 0. The van der Waals surface area contributed by atoms with Gasteiger partial charge in [-0.05, 0) is 43.0 Å². The quantitative estimate of drug-likeness (QED) is 0.818. The van der Waals surface area contributed by atoms with E-state index in [2.05, 4.69) is 0 Å². The zero-order valence-corrected chi connectivity index (χ0v) is 11.0. The lowest BCUT2D eigenvalue weighted by Crippen LogP contribution is -2.04. The monoisotopic (exact) mass is 252 g/mol. The number of hydrogen-bond donors (Lipinski definition) is 0. The molecule has 2 aromatic rings. The van der Waals surface area contributed by atoms with Gasteiger partial charge >= 0.3 is 0 Å². The molecule has 96 valence electrons. The highest BCUT2D eigenvalue weighted by atomic mass is 16.5. The number of fused-ring (bicyclic) bond motifs is 2. The van der Waals surface area contributed by atoms with E-state index in [1.165, 1.54) is 0 Å². The molecule has 1 aliphatic carbocycles. The van der Waals surface area contributed by atoms with Gasteiger partial charge in [0.1, 0.15) is 5.75 Å². The third-order valence-electron chi connectivity index (χ3n) is 3.56. The first kappa shape index (κ1) is 12.0. The molecule has 0 aliphatic heterocycles. The normalized spacial score (nSPS) is 13.4. The maximum atomic E-state index is 12.6. The second-order valence-electron chi connectivity index (χ2n) is 4.74. The third-order valence-corrected chi connectivity index (χ3v) is 3.56. The molecule has 0 N–H and O–H groups in total. The SMILES string of the molecule is CCOc1ccc2c(c1)C(=O)c1ccccc1CC2. The van der Waals surface area contributed by atoms with Gasteiger partial charge in [0.05, 0.1) is 6.61 Å². The smallest absolute Gasteiger partial charge is 0.193 e. The van der Waals surface area contributed by atoms with Crippen molar-refractivity contribution in [2.45, 2.75) is 19.8 Å². The lowest BCUT2D eigenvalue weighted by molar-refractivity contribution is 0.103. The van der Waals surface area contributed by atoms with Gasteiger partial charge in [-0.25, -0.2) is 0 Å². The van der Waals surface area contributed by atoms with Gasteiger partial charge in [0.15, 0.2) is 5.78 Å². The Morgan fingerprint density at radius 3 is 2.53 bits per heavy atom. The average molecular weight is 252 g/mol. The maximum Gasteiger partial charge on any atom is 0.193 e. The van der Waals surface area contributed by atoms with Crippen molar-refractivity contribution in [3.05, 3.63) is 64.7 Å². The first-order chi connectivity index (χ1) is 9.29. The second kappa shape index (κ2) is 4.88. The molecule has 0 atom stereocenters. The third kappa shape index (κ3) is 2.14. The van der Waals surface area contributed by atoms with E-state index in [0.717, 1.165) is 40.8 Å². The van der Waals surface area contributed by atoms with Crippen molar-refractivity contribution in [2.75, 3.05) is 6.61 Å². The highest BCUT2D eigenvalue weighted by Crippen LogP contribution is 2.27.